The predicted octanol–water partition coefficient (Wildman–Crippen LogP) is 2.11. The van der Waals surface area contributed by atoms with Crippen LogP contribution in [0.4, 0.5) is 8.78 Å². The Hall–Kier alpha value is -2.59. The summed E-state index contributed by atoms with van der Waals surface area (Å²) in [5.41, 5.74) is 1.18. The van der Waals surface area contributed by atoms with Crippen molar-refractivity contribution in [3.05, 3.63) is 58.6 Å². The van der Waals surface area contributed by atoms with Crippen LogP contribution in [0.15, 0.2) is 46.2 Å². The van der Waals surface area contributed by atoms with Gasteiger partial charge in [-0.15, -0.1) is 0 Å². The number of pyridine rings is 1. The van der Waals surface area contributed by atoms with Gasteiger partial charge in [-0.05, 0) is 43.0 Å². The van der Waals surface area contributed by atoms with Crippen molar-refractivity contribution >= 4 is 21.2 Å². The van der Waals surface area contributed by atoms with Crippen molar-refractivity contribution in [1.82, 2.24) is 18.4 Å². The van der Waals surface area contributed by atoms with Gasteiger partial charge in [-0.25, -0.2) is 27.0 Å². The summed E-state index contributed by atoms with van der Waals surface area (Å²) in [5.74, 6) is -1.77. The van der Waals surface area contributed by atoms with Crippen LogP contribution in [0, 0.1) is 17.6 Å². The Balaban J connectivity index is 1.50. The molecule has 0 saturated carbocycles. The fraction of sp³-hybridized carbons (Fsp3) is 0.368. The van der Waals surface area contributed by atoms with Crippen molar-refractivity contribution in [3.8, 4) is 0 Å². The van der Waals surface area contributed by atoms with E-state index in [1.807, 2.05) is 6.07 Å². The van der Waals surface area contributed by atoms with Crippen LogP contribution in [0.3, 0.4) is 0 Å². The van der Waals surface area contributed by atoms with Crippen LogP contribution in [-0.4, -0.2) is 39.9 Å². The van der Waals surface area contributed by atoms with Crippen molar-refractivity contribution in [2.75, 3.05) is 13.1 Å². The zero-order chi connectivity index (χ0) is 20.8. The molecule has 1 aliphatic heterocycles. The predicted molar refractivity (Wildman–Crippen MR) is 103 cm³/mol. The van der Waals surface area contributed by atoms with E-state index in [9.17, 15) is 22.0 Å². The van der Waals surface area contributed by atoms with Crippen molar-refractivity contribution in [2.45, 2.75) is 24.3 Å². The van der Waals surface area contributed by atoms with E-state index in [-0.39, 0.29) is 29.6 Å². The molecule has 154 valence electrons. The van der Waals surface area contributed by atoms with Crippen molar-refractivity contribution < 1.29 is 17.2 Å². The summed E-state index contributed by atoms with van der Waals surface area (Å²) in [4.78, 5) is 16.5. The van der Waals surface area contributed by atoms with Crippen molar-refractivity contribution in [1.29, 1.82) is 0 Å². The molecule has 1 aromatic carbocycles. The molecule has 3 heterocycles. The van der Waals surface area contributed by atoms with Crippen LogP contribution in [-0.2, 0) is 23.6 Å². The van der Waals surface area contributed by atoms with E-state index in [1.54, 1.807) is 28.4 Å². The van der Waals surface area contributed by atoms with Gasteiger partial charge < -0.3 is 0 Å². The molecule has 3 aromatic rings. The SMILES string of the molecule is Cn1c(=O)n(CC2CCN(S(=O)(=O)c3cc(F)cc(F)c3)CC2)c2ncccc21. The van der Waals surface area contributed by atoms with Gasteiger partial charge in [-0.1, -0.05) is 0 Å². The highest BCUT2D eigenvalue weighted by Gasteiger charge is 2.30. The molecule has 7 nitrogen and oxygen atoms in total. The minimum Gasteiger partial charge on any atom is -0.293 e. The summed E-state index contributed by atoms with van der Waals surface area (Å²) < 4.78 is 56.7. The summed E-state index contributed by atoms with van der Waals surface area (Å²) in [6.07, 6.45) is 2.70. The minimum atomic E-state index is -3.97. The highest BCUT2D eigenvalue weighted by atomic mass is 32.2. The molecule has 0 radical (unpaired) electrons. The lowest BCUT2D eigenvalue weighted by Crippen LogP contribution is -2.40. The third-order valence-corrected chi connectivity index (χ3v) is 7.27. The van der Waals surface area contributed by atoms with Crippen molar-refractivity contribution in [2.24, 2.45) is 13.0 Å². The molecule has 0 aliphatic carbocycles. The quantitative estimate of drug-likeness (QED) is 0.645. The van der Waals surface area contributed by atoms with Gasteiger partial charge in [0.15, 0.2) is 5.65 Å². The fourth-order valence-electron chi connectivity index (χ4n) is 3.81. The number of aromatic nitrogens is 3. The highest BCUT2D eigenvalue weighted by Crippen LogP contribution is 2.26. The standard InChI is InChI=1S/C19H20F2N4O3S/c1-23-17-3-2-6-22-18(17)25(19(23)26)12-13-4-7-24(8-5-13)29(27,28)16-10-14(20)9-15(21)11-16/h2-3,6,9-11,13H,4-5,7-8,12H2,1H3. The van der Waals surface area contributed by atoms with E-state index in [4.69, 9.17) is 0 Å². The smallest absolute Gasteiger partial charge is 0.293 e. The van der Waals surface area contributed by atoms with E-state index in [2.05, 4.69) is 4.98 Å². The second kappa shape index (κ2) is 7.34. The fourth-order valence-corrected chi connectivity index (χ4v) is 5.33. The van der Waals surface area contributed by atoms with Crippen LogP contribution in [0.2, 0.25) is 0 Å². The molecule has 0 unspecified atom stereocenters. The number of halogens is 2. The molecule has 10 heteroatoms. The largest absolute Gasteiger partial charge is 0.330 e. The van der Waals surface area contributed by atoms with Gasteiger partial charge in [0.1, 0.15) is 11.6 Å². The molecule has 0 N–H and O–H groups in total. The maximum absolute atomic E-state index is 13.4. The Kier molecular flexibility index (Phi) is 4.99. The first-order valence-electron chi connectivity index (χ1n) is 9.24. The molecule has 1 aliphatic rings. The summed E-state index contributed by atoms with van der Waals surface area (Å²) in [6.45, 7) is 0.881. The lowest BCUT2D eigenvalue weighted by molar-refractivity contribution is 0.252. The first-order valence-corrected chi connectivity index (χ1v) is 10.7. The summed E-state index contributed by atoms with van der Waals surface area (Å²) in [7, 11) is -2.28. The monoisotopic (exact) mass is 422 g/mol. The maximum atomic E-state index is 13.4. The molecule has 0 bridgehead atoms. The van der Waals surface area contributed by atoms with E-state index < -0.39 is 21.7 Å². The normalized spacial score (nSPS) is 16.5. The van der Waals surface area contributed by atoms with Gasteiger partial charge >= 0.3 is 5.69 Å². The molecule has 1 saturated heterocycles. The summed E-state index contributed by atoms with van der Waals surface area (Å²) >= 11 is 0. The molecular formula is C19H20F2N4O3S. The van der Waals surface area contributed by atoms with Crippen LogP contribution in [0.5, 0.6) is 0 Å². The number of sulfonamides is 1. The molecule has 2 aromatic heterocycles. The van der Waals surface area contributed by atoms with E-state index in [0.29, 0.717) is 31.1 Å². The summed E-state index contributed by atoms with van der Waals surface area (Å²) in [5, 5.41) is 0. The zero-order valence-corrected chi connectivity index (χ0v) is 16.6. The Morgan fingerprint density at radius 3 is 2.45 bits per heavy atom. The molecule has 4 rings (SSSR count). The number of rotatable bonds is 4. The Morgan fingerprint density at radius 2 is 1.79 bits per heavy atom. The lowest BCUT2D eigenvalue weighted by Gasteiger charge is -2.31. The number of imidazole rings is 1. The number of piperidine rings is 1. The number of nitrogens with zero attached hydrogens (tertiary/aromatic N) is 4. The average molecular weight is 422 g/mol. The maximum Gasteiger partial charge on any atom is 0.330 e. The van der Waals surface area contributed by atoms with Crippen LogP contribution in [0.1, 0.15) is 12.8 Å². The van der Waals surface area contributed by atoms with Gasteiger partial charge in [0.05, 0.1) is 10.4 Å². The molecule has 1 fully saturated rings. The Morgan fingerprint density at radius 1 is 1.14 bits per heavy atom. The zero-order valence-electron chi connectivity index (χ0n) is 15.8. The second-order valence-electron chi connectivity index (χ2n) is 7.25. The number of hydrogen-bond donors (Lipinski definition) is 0. The first-order chi connectivity index (χ1) is 13.8. The van der Waals surface area contributed by atoms with Gasteiger partial charge in [-0.3, -0.25) is 9.13 Å². The molecule has 0 spiro atoms. The van der Waals surface area contributed by atoms with Crippen LogP contribution in [0.25, 0.3) is 11.2 Å². The Labute approximate surface area is 166 Å². The van der Waals surface area contributed by atoms with Gasteiger partial charge in [0.25, 0.3) is 0 Å². The molecule has 0 atom stereocenters. The van der Waals surface area contributed by atoms with Gasteiger partial charge in [0.2, 0.25) is 10.0 Å². The average Bonchev–Trinajstić information content (AvgIpc) is 2.93. The first kappa shape index (κ1) is 19.7. The number of aryl methyl sites for hydroxylation is 1. The van der Waals surface area contributed by atoms with E-state index in [1.165, 1.54) is 4.31 Å². The third-order valence-electron chi connectivity index (χ3n) is 5.39. The molecule has 0 amide bonds. The van der Waals surface area contributed by atoms with Gasteiger partial charge in [0, 0.05) is 38.9 Å². The van der Waals surface area contributed by atoms with Crippen LogP contribution >= 0.6 is 0 Å². The minimum absolute atomic E-state index is 0.0935. The third kappa shape index (κ3) is 3.58. The number of benzene rings is 1. The Bertz CT molecular complexity index is 1210. The molecule has 29 heavy (non-hydrogen) atoms. The number of hydrogen-bond acceptors (Lipinski definition) is 4. The van der Waals surface area contributed by atoms with Crippen LogP contribution < -0.4 is 5.69 Å². The van der Waals surface area contributed by atoms with Gasteiger partial charge in [-0.2, -0.15) is 4.31 Å². The van der Waals surface area contributed by atoms with E-state index in [0.717, 1.165) is 17.6 Å². The lowest BCUT2D eigenvalue weighted by atomic mass is 9.98. The number of fused-ring (bicyclic) bond motifs is 1. The highest BCUT2D eigenvalue weighted by molar-refractivity contribution is 7.89. The second-order valence-corrected chi connectivity index (χ2v) is 9.19. The van der Waals surface area contributed by atoms with Crippen molar-refractivity contribution in [3.63, 3.8) is 0 Å². The molecular weight excluding hydrogens is 402 g/mol. The topological polar surface area (TPSA) is 77.2 Å². The van der Waals surface area contributed by atoms with E-state index >= 15 is 0 Å². The summed E-state index contributed by atoms with van der Waals surface area (Å²) in [6, 6.07) is 5.89.